The Bertz CT molecular complexity index is 724. The molecule has 146 valence electrons. The van der Waals surface area contributed by atoms with Crippen molar-refractivity contribution in [1.82, 2.24) is 24.5 Å². The standard InChI is InChI=1S/C16H28N6O3S/c1-20(2)15-8-14(17-12-18-15)7-13-10-21(3)5-6-22(11-13)16(23)9-19-26(4,24)25/h8,12-13,19H,5-7,9-11H2,1-4H3. The van der Waals surface area contributed by atoms with Crippen molar-refractivity contribution in [2.45, 2.75) is 6.42 Å². The predicted octanol–water partition coefficient (Wildman–Crippen LogP) is -0.975. The highest BCUT2D eigenvalue weighted by Crippen LogP contribution is 2.16. The zero-order valence-electron chi connectivity index (χ0n) is 15.8. The molecule has 1 amide bonds. The summed E-state index contributed by atoms with van der Waals surface area (Å²) < 4.78 is 24.7. The largest absolute Gasteiger partial charge is 0.363 e. The van der Waals surface area contributed by atoms with Crippen molar-refractivity contribution in [3.8, 4) is 0 Å². The molecule has 1 aliphatic rings. The van der Waals surface area contributed by atoms with Gasteiger partial charge in [-0.15, -0.1) is 0 Å². The lowest BCUT2D eigenvalue weighted by Gasteiger charge is -2.24. The number of amides is 1. The van der Waals surface area contributed by atoms with E-state index in [0.717, 1.165) is 37.3 Å². The average molecular weight is 385 g/mol. The fourth-order valence-electron chi connectivity index (χ4n) is 2.98. The number of sulfonamides is 1. The fraction of sp³-hybridized carbons (Fsp3) is 0.688. The summed E-state index contributed by atoms with van der Waals surface area (Å²) in [7, 11) is 2.51. The van der Waals surface area contributed by atoms with Crippen molar-refractivity contribution in [2.75, 3.05) is 65.0 Å². The van der Waals surface area contributed by atoms with Gasteiger partial charge in [0, 0.05) is 52.0 Å². The molecule has 1 aromatic rings. The van der Waals surface area contributed by atoms with Crippen molar-refractivity contribution in [1.29, 1.82) is 0 Å². The Kier molecular flexibility index (Phi) is 6.90. The number of hydrogen-bond donors (Lipinski definition) is 1. The number of likely N-dealkylation sites (N-methyl/N-ethyl adjacent to an activating group) is 1. The summed E-state index contributed by atoms with van der Waals surface area (Å²) >= 11 is 0. The van der Waals surface area contributed by atoms with Crippen molar-refractivity contribution in [3.63, 3.8) is 0 Å². The number of rotatable bonds is 6. The molecule has 1 unspecified atom stereocenters. The number of carbonyl (C=O) groups is 1. The summed E-state index contributed by atoms with van der Waals surface area (Å²) in [6.45, 7) is 2.58. The first-order chi connectivity index (χ1) is 12.1. The van der Waals surface area contributed by atoms with Crippen LogP contribution in [0.5, 0.6) is 0 Å². The predicted molar refractivity (Wildman–Crippen MR) is 100 cm³/mol. The van der Waals surface area contributed by atoms with Gasteiger partial charge < -0.3 is 14.7 Å². The van der Waals surface area contributed by atoms with Crippen LogP contribution in [0.4, 0.5) is 5.82 Å². The minimum Gasteiger partial charge on any atom is -0.363 e. The van der Waals surface area contributed by atoms with E-state index in [-0.39, 0.29) is 18.4 Å². The van der Waals surface area contributed by atoms with Crippen LogP contribution in [0.1, 0.15) is 5.69 Å². The van der Waals surface area contributed by atoms with Crippen LogP contribution in [0.2, 0.25) is 0 Å². The van der Waals surface area contributed by atoms with Crippen LogP contribution in [0.25, 0.3) is 0 Å². The summed E-state index contributed by atoms with van der Waals surface area (Å²) in [5, 5.41) is 0. The molecule has 1 aromatic heterocycles. The van der Waals surface area contributed by atoms with Crippen LogP contribution < -0.4 is 9.62 Å². The Labute approximate surface area is 155 Å². The van der Waals surface area contributed by atoms with Gasteiger partial charge in [-0.1, -0.05) is 0 Å². The van der Waals surface area contributed by atoms with E-state index in [1.807, 2.05) is 32.1 Å². The third kappa shape index (κ3) is 6.50. The minimum atomic E-state index is -3.38. The number of aromatic nitrogens is 2. The number of anilines is 1. The van der Waals surface area contributed by atoms with Gasteiger partial charge in [-0.3, -0.25) is 4.79 Å². The van der Waals surface area contributed by atoms with Gasteiger partial charge in [0.2, 0.25) is 15.9 Å². The number of nitrogens with one attached hydrogen (secondary N) is 1. The van der Waals surface area contributed by atoms with Gasteiger partial charge >= 0.3 is 0 Å². The highest BCUT2D eigenvalue weighted by atomic mass is 32.2. The summed E-state index contributed by atoms with van der Waals surface area (Å²) in [6, 6.07) is 1.96. The van der Waals surface area contributed by atoms with E-state index >= 15 is 0 Å². The summed E-state index contributed by atoms with van der Waals surface area (Å²) in [6.07, 6.45) is 3.34. The van der Waals surface area contributed by atoms with Crippen molar-refractivity contribution in [3.05, 3.63) is 18.1 Å². The molecule has 2 rings (SSSR count). The smallest absolute Gasteiger partial charge is 0.237 e. The lowest BCUT2D eigenvalue weighted by Crippen LogP contribution is -2.42. The van der Waals surface area contributed by atoms with Gasteiger partial charge in [-0.05, 0) is 19.4 Å². The van der Waals surface area contributed by atoms with Crippen molar-refractivity contribution < 1.29 is 13.2 Å². The van der Waals surface area contributed by atoms with Crippen LogP contribution in [-0.4, -0.2) is 94.2 Å². The highest BCUT2D eigenvalue weighted by Gasteiger charge is 2.25. The average Bonchev–Trinajstić information content (AvgIpc) is 2.73. The zero-order chi connectivity index (χ0) is 19.3. The molecule has 1 atom stereocenters. The zero-order valence-corrected chi connectivity index (χ0v) is 16.7. The molecule has 0 bridgehead atoms. The second-order valence-corrected chi connectivity index (χ2v) is 8.86. The first kappa shape index (κ1) is 20.5. The monoisotopic (exact) mass is 384 g/mol. The van der Waals surface area contributed by atoms with E-state index in [1.165, 1.54) is 0 Å². The summed E-state index contributed by atoms with van der Waals surface area (Å²) in [5.41, 5.74) is 0.936. The topological polar surface area (TPSA) is 98.7 Å². The second-order valence-electron chi connectivity index (χ2n) is 7.03. The Morgan fingerprint density at radius 2 is 2.04 bits per heavy atom. The van der Waals surface area contributed by atoms with Gasteiger partial charge in [0.25, 0.3) is 0 Å². The minimum absolute atomic E-state index is 0.201. The molecular weight excluding hydrogens is 356 g/mol. The van der Waals surface area contributed by atoms with E-state index in [9.17, 15) is 13.2 Å². The van der Waals surface area contributed by atoms with E-state index in [2.05, 4.69) is 19.6 Å². The molecule has 2 heterocycles. The summed E-state index contributed by atoms with van der Waals surface area (Å²) in [4.78, 5) is 26.8. The van der Waals surface area contributed by atoms with Crippen LogP contribution in [0, 0.1) is 5.92 Å². The van der Waals surface area contributed by atoms with E-state index in [1.54, 1.807) is 11.2 Å². The molecule has 0 aliphatic carbocycles. The van der Waals surface area contributed by atoms with Crippen LogP contribution in [0.3, 0.4) is 0 Å². The number of carbonyl (C=O) groups excluding carboxylic acids is 1. The first-order valence-corrected chi connectivity index (χ1v) is 10.4. The first-order valence-electron chi connectivity index (χ1n) is 8.53. The third-order valence-electron chi connectivity index (χ3n) is 4.30. The van der Waals surface area contributed by atoms with Crippen LogP contribution in [-0.2, 0) is 21.2 Å². The lowest BCUT2D eigenvalue weighted by molar-refractivity contribution is -0.130. The molecule has 9 nitrogen and oxygen atoms in total. The molecule has 0 aromatic carbocycles. The maximum Gasteiger partial charge on any atom is 0.237 e. The number of nitrogens with zero attached hydrogens (tertiary/aromatic N) is 5. The lowest BCUT2D eigenvalue weighted by atomic mass is 10.0. The molecule has 10 heteroatoms. The highest BCUT2D eigenvalue weighted by molar-refractivity contribution is 7.88. The quantitative estimate of drug-likeness (QED) is 0.673. The molecular formula is C16H28N6O3S. The van der Waals surface area contributed by atoms with E-state index in [4.69, 9.17) is 0 Å². The van der Waals surface area contributed by atoms with Gasteiger partial charge in [0.15, 0.2) is 0 Å². The van der Waals surface area contributed by atoms with Crippen molar-refractivity contribution in [2.24, 2.45) is 5.92 Å². The Hall–Kier alpha value is -1.78. The normalized spacial score (nSPS) is 19.2. The maximum absolute atomic E-state index is 12.4. The van der Waals surface area contributed by atoms with Crippen LogP contribution >= 0.6 is 0 Å². The SMILES string of the molecule is CN1CCN(C(=O)CNS(C)(=O)=O)CC(Cc2cc(N(C)C)ncn2)C1. The third-order valence-corrected chi connectivity index (χ3v) is 4.97. The fourth-order valence-corrected chi connectivity index (χ4v) is 3.37. The molecule has 0 radical (unpaired) electrons. The maximum atomic E-state index is 12.4. The second kappa shape index (κ2) is 8.74. The van der Waals surface area contributed by atoms with Gasteiger partial charge in [-0.2, -0.15) is 0 Å². The van der Waals surface area contributed by atoms with Gasteiger partial charge in [0.05, 0.1) is 12.8 Å². The molecule has 0 spiro atoms. The Morgan fingerprint density at radius 3 is 2.69 bits per heavy atom. The summed E-state index contributed by atoms with van der Waals surface area (Å²) in [5.74, 6) is 0.865. The molecule has 1 saturated heterocycles. The van der Waals surface area contributed by atoms with Crippen LogP contribution in [0.15, 0.2) is 12.4 Å². The Morgan fingerprint density at radius 1 is 1.31 bits per heavy atom. The Balaban J connectivity index is 2.05. The van der Waals surface area contributed by atoms with Gasteiger partial charge in [0.1, 0.15) is 12.1 Å². The molecule has 1 N–H and O–H groups in total. The molecule has 1 aliphatic heterocycles. The van der Waals surface area contributed by atoms with Gasteiger partial charge in [-0.25, -0.2) is 23.1 Å². The van der Waals surface area contributed by atoms with E-state index < -0.39 is 10.0 Å². The van der Waals surface area contributed by atoms with E-state index in [0.29, 0.717) is 13.1 Å². The van der Waals surface area contributed by atoms with Crippen molar-refractivity contribution >= 4 is 21.7 Å². The number of hydrogen-bond acceptors (Lipinski definition) is 7. The molecule has 26 heavy (non-hydrogen) atoms. The molecule has 0 saturated carbocycles. The molecule has 1 fully saturated rings.